The van der Waals surface area contributed by atoms with Gasteiger partial charge >= 0.3 is 5.97 Å². The summed E-state index contributed by atoms with van der Waals surface area (Å²) in [6, 6.07) is 8.87. The molecular weight excluding hydrogens is 318 g/mol. The molecule has 6 nitrogen and oxygen atoms in total. The quantitative estimate of drug-likeness (QED) is 0.876. The van der Waals surface area contributed by atoms with Crippen LogP contribution in [0.15, 0.2) is 41.3 Å². The van der Waals surface area contributed by atoms with Gasteiger partial charge in [-0.1, -0.05) is 6.07 Å². The molecular formula is C16H17NO5S. The van der Waals surface area contributed by atoms with Crippen molar-refractivity contribution in [2.24, 2.45) is 0 Å². The lowest BCUT2D eigenvalue weighted by molar-refractivity contribution is 0.0698. The fourth-order valence-electron chi connectivity index (χ4n) is 2.07. The smallest absolute Gasteiger partial charge is 0.337 e. The van der Waals surface area contributed by atoms with Crippen LogP contribution < -0.4 is 9.46 Å². The van der Waals surface area contributed by atoms with Gasteiger partial charge in [0.2, 0.25) is 0 Å². The molecule has 0 aliphatic heterocycles. The van der Waals surface area contributed by atoms with Crippen molar-refractivity contribution in [1.82, 2.24) is 0 Å². The second-order valence-electron chi connectivity index (χ2n) is 5.02. The molecule has 0 aliphatic carbocycles. The third kappa shape index (κ3) is 3.45. The molecule has 0 radical (unpaired) electrons. The molecule has 122 valence electrons. The van der Waals surface area contributed by atoms with Gasteiger partial charge in [-0.3, -0.25) is 4.72 Å². The monoisotopic (exact) mass is 335 g/mol. The Hall–Kier alpha value is -2.54. The minimum atomic E-state index is -3.90. The number of aryl methyl sites for hydroxylation is 1. The molecule has 0 fully saturated rings. The molecule has 2 aromatic carbocycles. The Labute approximate surface area is 134 Å². The summed E-state index contributed by atoms with van der Waals surface area (Å²) in [5.41, 5.74) is 1.35. The standard InChI is InChI=1S/C16H17NO5S/c1-10-4-9-14(16(18)19)15(11(10)2)17-23(20,21)13-7-5-12(22-3)6-8-13/h4-9,17H,1-3H3,(H,18,19). The van der Waals surface area contributed by atoms with Crippen molar-refractivity contribution < 1.29 is 23.1 Å². The number of aromatic carboxylic acids is 1. The molecule has 0 heterocycles. The van der Waals surface area contributed by atoms with Gasteiger partial charge in [-0.15, -0.1) is 0 Å². The maximum Gasteiger partial charge on any atom is 0.337 e. The number of anilines is 1. The summed E-state index contributed by atoms with van der Waals surface area (Å²) < 4.78 is 32.4. The highest BCUT2D eigenvalue weighted by Gasteiger charge is 2.21. The van der Waals surface area contributed by atoms with E-state index in [1.807, 2.05) is 0 Å². The Balaban J connectivity index is 2.48. The number of hydrogen-bond acceptors (Lipinski definition) is 4. The number of nitrogens with one attached hydrogen (secondary N) is 1. The number of hydrogen-bond donors (Lipinski definition) is 2. The number of rotatable bonds is 5. The van der Waals surface area contributed by atoms with Crippen LogP contribution in [0, 0.1) is 13.8 Å². The predicted octanol–water partition coefficient (Wildman–Crippen LogP) is 2.81. The molecule has 0 unspecified atom stereocenters. The van der Waals surface area contributed by atoms with Crippen molar-refractivity contribution in [3.8, 4) is 5.75 Å². The number of carboxylic acid groups (broad SMARTS) is 1. The Morgan fingerprint density at radius 3 is 2.22 bits per heavy atom. The number of benzene rings is 2. The summed E-state index contributed by atoms with van der Waals surface area (Å²) in [5.74, 6) is -0.664. The maximum atomic E-state index is 12.5. The van der Waals surface area contributed by atoms with Crippen molar-refractivity contribution in [2.75, 3.05) is 11.8 Å². The zero-order valence-electron chi connectivity index (χ0n) is 13.0. The largest absolute Gasteiger partial charge is 0.497 e. The van der Waals surface area contributed by atoms with E-state index in [1.54, 1.807) is 19.9 Å². The maximum absolute atomic E-state index is 12.5. The molecule has 0 saturated carbocycles. The van der Waals surface area contributed by atoms with E-state index in [2.05, 4.69) is 4.72 Å². The van der Waals surface area contributed by atoms with Gasteiger partial charge in [0.25, 0.3) is 10.0 Å². The third-order valence-corrected chi connectivity index (χ3v) is 4.94. The SMILES string of the molecule is COc1ccc(S(=O)(=O)Nc2c(C(=O)O)ccc(C)c2C)cc1. The van der Waals surface area contributed by atoms with Crippen molar-refractivity contribution in [2.45, 2.75) is 18.7 Å². The topological polar surface area (TPSA) is 92.7 Å². The molecule has 0 amide bonds. The Kier molecular flexibility index (Phi) is 4.60. The zero-order valence-corrected chi connectivity index (χ0v) is 13.8. The first-order valence-electron chi connectivity index (χ1n) is 6.76. The number of carboxylic acids is 1. The fraction of sp³-hybridized carbons (Fsp3) is 0.188. The van der Waals surface area contributed by atoms with Crippen LogP contribution in [0.25, 0.3) is 0 Å². The molecule has 0 aliphatic rings. The van der Waals surface area contributed by atoms with Crippen LogP contribution in [0.4, 0.5) is 5.69 Å². The summed E-state index contributed by atoms with van der Waals surface area (Å²) in [6.07, 6.45) is 0. The lowest BCUT2D eigenvalue weighted by Gasteiger charge is -2.15. The summed E-state index contributed by atoms with van der Waals surface area (Å²) in [4.78, 5) is 11.4. The van der Waals surface area contributed by atoms with E-state index in [9.17, 15) is 18.3 Å². The van der Waals surface area contributed by atoms with Crippen LogP contribution in [-0.4, -0.2) is 26.6 Å². The van der Waals surface area contributed by atoms with E-state index in [0.29, 0.717) is 11.3 Å². The van der Waals surface area contributed by atoms with Gasteiger partial charge in [0.1, 0.15) is 5.75 Å². The van der Waals surface area contributed by atoms with Crippen LogP contribution in [0.5, 0.6) is 5.75 Å². The second kappa shape index (κ2) is 6.29. The molecule has 2 aromatic rings. The van der Waals surface area contributed by atoms with Gasteiger partial charge in [0.15, 0.2) is 0 Å². The van der Waals surface area contributed by atoms with Crippen LogP contribution in [0.3, 0.4) is 0 Å². The number of ether oxygens (including phenoxy) is 1. The van der Waals surface area contributed by atoms with Gasteiger partial charge in [0.05, 0.1) is 23.3 Å². The molecule has 2 rings (SSSR count). The fourth-order valence-corrected chi connectivity index (χ4v) is 3.22. The van der Waals surface area contributed by atoms with Crippen LogP contribution >= 0.6 is 0 Å². The molecule has 0 bridgehead atoms. The highest BCUT2D eigenvalue weighted by atomic mass is 32.2. The molecule has 0 spiro atoms. The summed E-state index contributed by atoms with van der Waals surface area (Å²) in [5, 5.41) is 9.27. The van der Waals surface area contributed by atoms with Gasteiger partial charge in [-0.2, -0.15) is 0 Å². The third-order valence-electron chi connectivity index (χ3n) is 3.57. The van der Waals surface area contributed by atoms with Crippen LogP contribution in [0.1, 0.15) is 21.5 Å². The average Bonchev–Trinajstić information content (AvgIpc) is 2.51. The van der Waals surface area contributed by atoms with Gasteiger partial charge in [-0.25, -0.2) is 13.2 Å². The number of carbonyl (C=O) groups is 1. The summed E-state index contributed by atoms with van der Waals surface area (Å²) in [7, 11) is -2.42. The molecule has 0 saturated heterocycles. The average molecular weight is 335 g/mol. The van der Waals surface area contributed by atoms with E-state index in [0.717, 1.165) is 5.56 Å². The number of sulfonamides is 1. The molecule has 2 N–H and O–H groups in total. The normalized spacial score (nSPS) is 11.1. The second-order valence-corrected chi connectivity index (χ2v) is 6.70. The van der Waals surface area contributed by atoms with Crippen molar-refractivity contribution >= 4 is 21.7 Å². The molecule has 0 atom stereocenters. The van der Waals surface area contributed by atoms with Crippen LogP contribution in [-0.2, 0) is 10.0 Å². The van der Waals surface area contributed by atoms with Crippen molar-refractivity contribution in [3.05, 3.63) is 53.1 Å². The first-order chi connectivity index (χ1) is 10.8. The minimum absolute atomic E-state index is 0.0237. The van der Waals surface area contributed by atoms with Crippen molar-refractivity contribution in [1.29, 1.82) is 0 Å². The zero-order chi connectivity index (χ0) is 17.2. The first kappa shape index (κ1) is 16.8. The molecule has 0 aromatic heterocycles. The van der Waals surface area contributed by atoms with E-state index in [1.165, 1.54) is 37.4 Å². The summed E-state index contributed by atoms with van der Waals surface area (Å²) in [6.45, 7) is 3.46. The van der Waals surface area contributed by atoms with Crippen molar-refractivity contribution in [3.63, 3.8) is 0 Å². The predicted molar refractivity (Wildman–Crippen MR) is 86.7 cm³/mol. The molecule has 7 heteroatoms. The lowest BCUT2D eigenvalue weighted by Crippen LogP contribution is -2.17. The van der Waals surface area contributed by atoms with E-state index >= 15 is 0 Å². The van der Waals surface area contributed by atoms with Gasteiger partial charge < -0.3 is 9.84 Å². The van der Waals surface area contributed by atoms with Gasteiger partial charge in [-0.05, 0) is 55.3 Å². The first-order valence-corrected chi connectivity index (χ1v) is 8.25. The van der Waals surface area contributed by atoms with Gasteiger partial charge in [0, 0.05) is 0 Å². The Bertz CT molecular complexity index is 842. The highest BCUT2D eigenvalue weighted by Crippen LogP contribution is 2.27. The lowest BCUT2D eigenvalue weighted by atomic mass is 10.0. The Morgan fingerprint density at radius 1 is 1.09 bits per heavy atom. The van der Waals surface area contributed by atoms with E-state index in [-0.39, 0.29) is 16.1 Å². The highest BCUT2D eigenvalue weighted by molar-refractivity contribution is 7.92. The van der Waals surface area contributed by atoms with Crippen LogP contribution in [0.2, 0.25) is 0 Å². The minimum Gasteiger partial charge on any atom is -0.497 e. The van der Waals surface area contributed by atoms with E-state index in [4.69, 9.17) is 4.74 Å². The summed E-state index contributed by atoms with van der Waals surface area (Å²) >= 11 is 0. The molecule has 23 heavy (non-hydrogen) atoms. The van der Waals surface area contributed by atoms with E-state index < -0.39 is 16.0 Å². The number of methoxy groups -OCH3 is 1. The Morgan fingerprint density at radius 2 is 1.70 bits per heavy atom.